The molecule has 4 heteroatoms. The van der Waals surface area contributed by atoms with E-state index in [1.54, 1.807) is 17.1 Å². The van der Waals surface area contributed by atoms with E-state index in [4.69, 9.17) is 5.73 Å². The Labute approximate surface area is 79.1 Å². The van der Waals surface area contributed by atoms with Crippen LogP contribution >= 0.6 is 0 Å². The minimum absolute atomic E-state index is 0.309. The fraction of sp³-hybridized carbons (Fsp3) is 0.444. The Balaban J connectivity index is 0.000000310. The van der Waals surface area contributed by atoms with Crippen molar-refractivity contribution in [3.8, 4) is 0 Å². The number of amides is 2. The second-order valence-electron chi connectivity index (χ2n) is 2.55. The first-order valence-corrected chi connectivity index (χ1v) is 4.21. The Morgan fingerprint density at radius 1 is 1.31 bits per heavy atom. The molecule has 0 aromatic rings. The molecule has 0 spiro atoms. The summed E-state index contributed by atoms with van der Waals surface area (Å²) < 4.78 is 0. The van der Waals surface area contributed by atoms with Crippen LogP contribution in [0.2, 0.25) is 0 Å². The van der Waals surface area contributed by atoms with Crippen LogP contribution in [0.5, 0.6) is 0 Å². The van der Waals surface area contributed by atoms with Crippen LogP contribution < -0.4 is 11.1 Å². The van der Waals surface area contributed by atoms with E-state index in [9.17, 15) is 4.79 Å². The van der Waals surface area contributed by atoms with Gasteiger partial charge in [0.15, 0.2) is 0 Å². The van der Waals surface area contributed by atoms with Gasteiger partial charge in [0.2, 0.25) is 0 Å². The van der Waals surface area contributed by atoms with Gasteiger partial charge in [0, 0.05) is 26.2 Å². The summed E-state index contributed by atoms with van der Waals surface area (Å²) in [5, 5.41) is 3.12. The lowest BCUT2D eigenvalue weighted by molar-refractivity contribution is 0.200. The Morgan fingerprint density at radius 3 is 2.00 bits per heavy atom. The van der Waals surface area contributed by atoms with E-state index in [0.717, 1.165) is 26.2 Å². The number of carbonyl (C=O) groups is 1. The lowest BCUT2D eigenvalue weighted by atomic mass is 10.4. The molecular formula is C9H17N3O. The van der Waals surface area contributed by atoms with Gasteiger partial charge in [0.1, 0.15) is 0 Å². The molecule has 0 aliphatic carbocycles. The van der Waals surface area contributed by atoms with Gasteiger partial charge < -0.3 is 16.0 Å². The molecule has 1 fully saturated rings. The van der Waals surface area contributed by atoms with Crippen LogP contribution in [0.15, 0.2) is 25.3 Å². The molecule has 0 radical (unpaired) electrons. The van der Waals surface area contributed by atoms with Crippen molar-refractivity contribution in [2.24, 2.45) is 5.73 Å². The molecule has 1 aliphatic rings. The highest BCUT2D eigenvalue weighted by atomic mass is 16.2. The summed E-state index contributed by atoms with van der Waals surface area (Å²) in [5.41, 5.74) is 5.03. The second kappa shape index (κ2) is 7.36. The van der Waals surface area contributed by atoms with Gasteiger partial charge in [0.25, 0.3) is 0 Å². The maximum absolute atomic E-state index is 10.5. The van der Waals surface area contributed by atoms with Crippen molar-refractivity contribution in [3.05, 3.63) is 25.3 Å². The highest BCUT2D eigenvalue weighted by Gasteiger charge is 2.11. The first-order valence-electron chi connectivity index (χ1n) is 4.21. The number of rotatable bonds is 1. The molecular weight excluding hydrogens is 166 g/mol. The molecule has 0 aromatic heterocycles. The van der Waals surface area contributed by atoms with Gasteiger partial charge in [0.05, 0.1) is 0 Å². The van der Waals surface area contributed by atoms with E-state index in [1.807, 2.05) is 0 Å². The standard InChI is InChI=1S/C5H11N3O.C4H6/c6-5(9)8-3-1-7-2-4-8;1-3-4-2/h7H,1-4H2,(H2,6,9);3-4H,1-2H2. The average molecular weight is 183 g/mol. The summed E-state index contributed by atoms with van der Waals surface area (Å²) in [6, 6.07) is -0.309. The summed E-state index contributed by atoms with van der Waals surface area (Å²) in [7, 11) is 0. The molecule has 3 N–H and O–H groups in total. The second-order valence-corrected chi connectivity index (χ2v) is 2.55. The van der Waals surface area contributed by atoms with Crippen molar-refractivity contribution in [1.29, 1.82) is 0 Å². The quantitative estimate of drug-likeness (QED) is 0.575. The fourth-order valence-corrected chi connectivity index (χ4v) is 0.885. The molecule has 1 aliphatic heterocycles. The van der Waals surface area contributed by atoms with Crippen LogP contribution in [0.4, 0.5) is 4.79 Å². The van der Waals surface area contributed by atoms with Crippen LogP contribution in [0.1, 0.15) is 0 Å². The van der Waals surface area contributed by atoms with Gasteiger partial charge in [-0.05, 0) is 0 Å². The predicted molar refractivity (Wildman–Crippen MR) is 54.4 cm³/mol. The lowest BCUT2D eigenvalue weighted by Crippen LogP contribution is -2.48. The van der Waals surface area contributed by atoms with Crippen LogP contribution in [0.25, 0.3) is 0 Å². The van der Waals surface area contributed by atoms with Gasteiger partial charge in [-0.15, -0.1) is 0 Å². The average Bonchev–Trinajstić information content (AvgIpc) is 2.19. The molecule has 0 aromatic carbocycles. The van der Waals surface area contributed by atoms with Crippen molar-refractivity contribution in [3.63, 3.8) is 0 Å². The Morgan fingerprint density at radius 2 is 1.77 bits per heavy atom. The number of nitrogens with two attached hydrogens (primary N) is 1. The van der Waals surface area contributed by atoms with Crippen molar-refractivity contribution in [1.82, 2.24) is 10.2 Å². The third kappa shape index (κ3) is 5.93. The maximum atomic E-state index is 10.5. The maximum Gasteiger partial charge on any atom is 0.314 e. The number of allylic oxidation sites excluding steroid dienone is 2. The molecule has 0 saturated carbocycles. The molecule has 0 unspecified atom stereocenters. The summed E-state index contributed by atoms with van der Waals surface area (Å²) in [5.74, 6) is 0. The van der Waals surface area contributed by atoms with Crippen molar-refractivity contribution >= 4 is 6.03 Å². The van der Waals surface area contributed by atoms with E-state index < -0.39 is 0 Å². The van der Waals surface area contributed by atoms with Crippen molar-refractivity contribution in [2.75, 3.05) is 26.2 Å². The molecule has 4 nitrogen and oxygen atoms in total. The summed E-state index contributed by atoms with van der Waals surface area (Å²) in [4.78, 5) is 12.1. The highest BCUT2D eigenvalue weighted by molar-refractivity contribution is 5.72. The highest BCUT2D eigenvalue weighted by Crippen LogP contribution is 1.89. The Kier molecular flexibility index (Phi) is 6.63. The molecule has 13 heavy (non-hydrogen) atoms. The lowest BCUT2D eigenvalue weighted by Gasteiger charge is -2.25. The van der Waals surface area contributed by atoms with Crippen LogP contribution in [-0.2, 0) is 0 Å². The molecule has 0 bridgehead atoms. The number of primary amides is 1. The van der Waals surface area contributed by atoms with E-state index in [2.05, 4.69) is 18.5 Å². The smallest absolute Gasteiger partial charge is 0.314 e. The number of nitrogens with one attached hydrogen (secondary N) is 1. The van der Waals surface area contributed by atoms with Crippen molar-refractivity contribution in [2.45, 2.75) is 0 Å². The number of piperazine rings is 1. The van der Waals surface area contributed by atoms with Gasteiger partial charge in [-0.3, -0.25) is 0 Å². The topological polar surface area (TPSA) is 58.4 Å². The number of carbonyl (C=O) groups excluding carboxylic acids is 1. The van der Waals surface area contributed by atoms with Crippen LogP contribution in [-0.4, -0.2) is 37.1 Å². The van der Waals surface area contributed by atoms with Gasteiger partial charge in [-0.25, -0.2) is 4.79 Å². The molecule has 1 heterocycles. The van der Waals surface area contributed by atoms with Gasteiger partial charge in [-0.2, -0.15) is 0 Å². The number of hydrogen-bond donors (Lipinski definition) is 2. The zero-order valence-electron chi connectivity index (χ0n) is 7.83. The third-order valence-corrected chi connectivity index (χ3v) is 1.60. The zero-order chi connectivity index (χ0) is 10.1. The SMILES string of the molecule is C=CC=C.NC(=O)N1CCNCC1. The first-order chi connectivity index (χ1) is 6.22. The number of hydrogen-bond acceptors (Lipinski definition) is 2. The largest absolute Gasteiger partial charge is 0.351 e. The van der Waals surface area contributed by atoms with E-state index in [0.29, 0.717) is 0 Å². The summed E-state index contributed by atoms with van der Waals surface area (Å²) in [6.45, 7) is 9.94. The monoisotopic (exact) mass is 183 g/mol. The predicted octanol–water partition coefficient (Wildman–Crippen LogP) is 0.329. The molecule has 1 saturated heterocycles. The number of urea groups is 1. The zero-order valence-corrected chi connectivity index (χ0v) is 7.83. The normalized spacial score (nSPS) is 15.2. The molecule has 0 atom stereocenters. The van der Waals surface area contributed by atoms with E-state index >= 15 is 0 Å². The minimum Gasteiger partial charge on any atom is -0.351 e. The Bertz CT molecular complexity index is 168. The van der Waals surface area contributed by atoms with Gasteiger partial charge >= 0.3 is 6.03 Å². The van der Waals surface area contributed by atoms with Gasteiger partial charge in [-0.1, -0.05) is 25.3 Å². The first kappa shape index (κ1) is 11.7. The number of nitrogens with zero attached hydrogens (tertiary/aromatic N) is 1. The van der Waals surface area contributed by atoms with Crippen molar-refractivity contribution < 1.29 is 4.79 Å². The molecule has 1 rings (SSSR count). The molecule has 74 valence electrons. The summed E-state index contributed by atoms with van der Waals surface area (Å²) in [6.07, 6.45) is 3.28. The van der Waals surface area contributed by atoms with Crippen LogP contribution in [0.3, 0.4) is 0 Å². The summed E-state index contributed by atoms with van der Waals surface area (Å²) >= 11 is 0. The van der Waals surface area contributed by atoms with Crippen LogP contribution in [0, 0.1) is 0 Å². The van der Waals surface area contributed by atoms with E-state index in [1.165, 1.54) is 0 Å². The minimum atomic E-state index is -0.309. The third-order valence-electron chi connectivity index (χ3n) is 1.60. The fourth-order valence-electron chi connectivity index (χ4n) is 0.885. The Hall–Kier alpha value is -1.29. The molecule has 2 amide bonds. The van der Waals surface area contributed by atoms with E-state index in [-0.39, 0.29) is 6.03 Å².